The van der Waals surface area contributed by atoms with Gasteiger partial charge < -0.3 is 0 Å². The third kappa shape index (κ3) is 3.69. The summed E-state index contributed by atoms with van der Waals surface area (Å²) >= 11 is 3.35. The Morgan fingerprint density at radius 3 is 2.78 bits per heavy atom. The fourth-order valence-corrected chi connectivity index (χ4v) is 3.93. The summed E-state index contributed by atoms with van der Waals surface area (Å²) < 4.78 is 28.8. The van der Waals surface area contributed by atoms with Gasteiger partial charge in [0, 0.05) is 35.4 Å². The summed E-state index contributed by atoms with van der Waals surface area (Å²) in [6, 6.07) is 7.34. The highest BCUT2D eigenvalue weighted by Gasteiger charge is 2.24. The molecule has 0 saturated heterocycles. The van der Waals surface area contributed by atoms with Crippen molar-refractivity contribution in [3.8, 4) is 0 Å². The predicted octanol–water partition coefficient (Wildman–Crippen LogP) is 2.97. The molecule has 0 amide bonds. The molecule has 3 rings (SSSR count). The quantitative estimate of drug-likeness (QED) is 0.336. The summed E-state index contributed by atoms with van der Waals surface area (Å²) in [5.41, 5.74) is 1.47. The van der Waals surface area contributed by atoms with Crippen LogP contribution in [0.4, 0.5) is 5.69 Å². The van der Waals surface area contributed by atoms with Crippen LogP contribution >= 0.6 is 15.9 Å². The first-order chi connectivity index (χ1) is 12.7. The van der Waals surface area contributed by atoms with E-state index in [1.807, 2.05) is 12.1 Å². The summed E-state index contributed by atoms with van der Waals surface area (Å²) in [6.45, 7) is 1.57. The molecule has 0 saturated carbocycles. The maximum absolute atomic E-state index is 12.8. The van der Waals surface area contributed by atoms with Crippen LogP contribution in [0.15, 0.2) is 57.2 Å². The minimum atomic E-state index is -4.04. The molecule has 0 N–H and O–H groups in total. The van der Waals surface area contributed by atoms with Gasteiger partial charge in [-0.05, 0) is 40.5 Å². The maximum atomic E-state index is 12.8. The van der Waals surface area contributed by atoms with Crippen LogP contribution in [0.25, 0.3) is 5.52 Å². The van der Waals surface area contributed by atoms with Gasteiger partial charge in [-0.25, -0.2) is 4.52 Å². The SMILES string of the molecule is Cc1ccc([N+](=O)[O-])cc1S(=O)(=O)N(C)/N=C/c1cnn2cc(Br)ccc12. The number of nitrogens with zero attached hydrogens (tertiary/aromatic N) is 5. The lowest BCUT2D eigenvalue weighted by molar-refractivity contribution is -0.385. The Hall–Kier alpha value is -2.79. The zero-order valence-electron chi connectivity index (χ0n) is 14.3. The van der Waals surface area contributed by atoms with Crippen LogP contribution in [-0.2, 0) is 10.0 Å². The number of halogens is 1. The molecule has 3 aromatic rings. The molecule has 0 aliphatic carbocycles. The van der Waals surface area contributed by atoms with Gasteiger partial charge in [0.15, 0.2) is 0 Å². The van der Waals surface area contributed by atoms with Crippen LogP contribution in [0, 0.1) is 17.0 Å². The summed E-state index contributed by atoms with van der Waals surface area (Å²) in [7, 11) is -2.77. The molecule has 9 nitrogen and oxygen atoms in total. The van der Waals surface area contributed by atoms with Gasteiger partial charge in [0.05, 0.1) is 27.7 Å². The van der Waals surface area contributed by atoms with E-state index in [0.717, 1.165) is 20.5 Å². The normalized spacial score (nSPS) is 12.0. The number of aryl methyl sites for hydroxylation is 1. The first kappa shape index (κ1) is 19.0. The van der Waals surface area contributed by atoms with Gasteiger partial charge in [-0.1, -0.05) is 6.07 Å². The molecule has 2 aromatic heterocycles. The number of hydrazone groups is 1. The highest BCUT2D eigenvalue weighted by molar-refractivity contribution is 9.10. The first-order valence-corrected chi connectivity index (χ1v) is 9.84. The Balaban J connectivity index is 1.94. The number of hydrogen-bond donors (Lipinski definition) is 0. The molecule has 0 aliphatic heterocycles. The number of nitro groups is 1. The topological polar surface area (TPSA) is 110 Å². The van der Waals surface area contributed by atoms with E-state index in [1.54, 1.807) is 23.8 Å². The number of sulfonamides is 1. The highest BCUT2D eigenvalue weighted by Crippen LogP contribution is 2.24. The lowest BCUT2D eigenvalue weighted by Gasteiger charge is -2.15. The summed E-state index contributed by atoms with van der Waals surface area (Å²) in [5.74, 6) is 0. The molecular formula is C16H14BrN5O4S. The third-order valence-corrected chi connectivity index (χ3v) is 6.13. The maximum Gasteiger partial charge on any atom is 0.279 e. The van der Waals surface area contributed by atoms with Crippen molar-refractivity contribution < 1.29 is 13.3 Å². The van der Waals surface area contributed by atoms with E-state index < -0.39 is 14.9 Å². The molecule has 0 unspecified atom stereocenters. The number of fused-ring (bicyclic) bond motifs is 1. The Morgan fingerprint density at radius 2 is 2.07 bits per heavy atom. The second kappa shape index (κ2) is 7.08. The fraction of sp³-hybridized carbons (Fsp3) is 0.125. The third-order valence-electron chi connectivity index (χ3n) is 3.88. The van der Waals surface area contributed by atoms with Crippen LogP contribution in [0.5, 0.6) is 0 Å². The minimum Gasteiger partial charge on any atom is -0.258 e. The van der Waals surface area contributed by atoms with Crippen LogP contribution in [0.3, 0.4) is 0 Å². The molecule has 0 atom stereocenters. The molecule has 0 aliphatic rings. The van der Waals surface area contributed by atoms with Gasteiger partial charge in [-0.2, -0.15) is 23.0 Å². The Kier molecular flexibility index (Phi) is 4.98. The first-order valence-electron chi connectivity index (χ1n) is 7.61. The van der Waals surface area contributed by atoms with Gasteiger partial charge >= 0.3 is 0 Å². The van der Waals surface area contributed by atoms with Crippen molar-refractivity contribution in [2.45, 2.75) is 11.8 Å². The summed E-state index contributed by atoms with van der Waals surface area (Å²) in [5, 5.41) is 19.1. The van der Waals surface area contributed by atoms with Gasteiger partial charge in [0.2, 0.25) is 0 Å². The van der Waals surface area contributed by atoms with Crippen molar-refractivity contribution in [2.75, 3.05) is 7.05 Å². The van der Waals surface area contributed by atoms with E-state index in [2.05, 4.69) is 26.1 Å². The van der Waals surface area contributed by atoms with E-state index in [1.165, 1.54) is 25.4 Å². The Bertz CT molecular complexity index is 1170. The van der Waals surface area contributed by atoms with Gasteiger partial charge in [-0.3, -0.25) is 10.1 Å². The van der Waals surface area contributed by atoms with Crippen LogP contribution < -0.4 is 0 Å². The number of hydrogen-bond acceptors (Lipinski definition) is 6. The van der Waals surface area contributed by atoms with Crippen LogP contribution in [0.2, 0.25) is 0 Å². The molecule has 140 valence electrons. The van der Waals surface area contributed by atoms with Crippen LogP contribution in [-0.4, -0.2) is 40.6 Å². The molecule has 0 spiro atoms. The van der Waals surface area contributed by atoms with Crippen molar-refractivity contribution in [3.05, 3.63) is 68.4 Å². The second-order valence-corrected chi connectivity index (χ2v) is 8.50. The molecule has 0 radical (unpaired) electrons. The molecule has 0 fully saturated rings. The molecular weight excluding hydrogens is 438 g/mol. The van der Waals surface area contributed by atoms with Gasteiger partial charge in [0.1, 0.15) is 0 Å². The zero-order chi connectivity index (χ0) is 19.8. The average molecular weight is 452 g/mol. The van der Waals surface area contributed by atoms with Gasteiger partial charge in [-0.15, -0.1) is 0 Å². The van der Waals surface area contributed by atoms with E-state index in [0.29, 0.717) is 11.1 Å². The molecule has 1 aromatic carbocycles. The predicted molar refractivity (Wildman–Crippen MR) is 103 cm³/mol. The summed E-state index contributed by atoms with van der Waals surface area (Å²) in [6.07, 6.45) is 4.70. The number of non-ortho nitro benzene ring substituents is 1. The average Bonchev–Trinajstić information content (AvgIpc) is 3.01. The van der Waals surface area contributed by atoms with Crippen LogP contribution in [0.1, 0.15) is 11.1 Å². The van der Waals surface area contributed by atoms with Crippen molar-refractivity contribution in [2.24, 2.45) is 5.10 Å². The zero-order valence-corrected chi connectivity index (χ0v) is 16.7. The van der Waals surface area contributed by atoms with Crippen molar-refractivity contribution in [3.63, 3.8) is 0 Å². The second-order valence-electron chi connectivity index (χ2n) is 5.67. The van der Waals surface area contributed by atoms with Crippen molar-refractivity contribution in [1.29, 1.82) is 0 Å². The molecule has 0 bridgehead atoms. The largest absolute Gasteiger partial charge is 0.279 e. The Labute approximate surface area is 163 Å². The molecule has 11 heteroatoms. The highest BCUT2D eigenvalue weighted by atomic mass is 79.9. The van der Waals surface area contributed by atoms with Gasteiger partial charge in [0.25, 0.3) is 15.7 Å². The van der Waals surface area contributed by atoms with E-state index in [-0.39, 0.29) is 10.6 Å². The lowest BCUT2D eigenvalue weighted by Crippen LogP contribution is -2.22. The number of nitro benzene ring substituents is 1. The van der Waals surface area contributed by atoms with E-state index >= 15 is 0 Å². The van der Waals surface area contributed by atoms with Crippen molar-refractivity contribution in [1.82, 2.24) is 14.0 Å². The molecule has 27 heavy (non-hydrogen) atoms. The number of benzene rings is 1. The Morgan fingerprint density at radius 1 is 1.33 bits per heavy atom. The smallest absolute Gasteiger partial charge is 0.258 e. The number of rotatable bonds is 5. The fourth-order valence-electron chi connectivity index (χ4n) is 2.41. The monoisotopic (exact) mass is 451 g/mol. The van der Waals surface area contributed by atoms with Crippen molar-refractivity contribution >= 4 is 43.4 Å². The lowest BCUT2D eigenvalue weighted by atomic mass is 10.2. The molecule has 2 heterocycles. The van der Waals surface area contributed by atoms with E-state index in [4.69, 9.17) is 0 Å². The van der Waals surface area contributed by atoms with E-state index in [9.17, 15) is 18.5 Å². The summed E-state index contributed by atoms with van der Waals surface area (Å²) in [4.78, 5) is 10.1. The standard InChI is InChI=1S/C16H14BrN5O4S/c1-11-3-5-14(22(23)24)7-16(11)27(25,26)20(2)18-8-12-9-19-21-10-13(17)4-6-15(12)21/h3-10H,1-2H3/b18-8+. The minimum absolute atomic E-state index is 0.167. The number of aromatic nitrogens is 2. The number of pyridine rings is 1.